The maximum atomic E-state index is 6.21. The van der Waals surface area contributed by atoms with Crippen molar-refractivity contribution in [2.45, 2.75) is 45.7 Å². The largest absolute Gasteiger partial charge is 0.310 e. The fraction of sp³-hybridized carbons (Fsp3) is 0.600. The maximum absolute atomic E-state index is 6.21. The van der Waals surface area contributed by atoms with Gasteiger partial charge in [0, 0.05) is 22.1 Å². The average molecular weight is 331 g/mol. The summed E-state index contributed by atoms with van der Waals surface area (Å²) in [5.41, 5.74) is 1.18. The zero-order valence-corrected chi connectivity index (χ0v) is 13.4. The molecule has 100 valence electrons. The summed E-state index contributed by atoms with van der Waals surface area (Å²) >= 11 is 9.71. The highest BCUT2D eigenvalue weighted by molar-refractivity contribution is 9.10. The van der Waals surface area contributed by atoms with Crippen molar-refractivity contribution in [2.75, 3.05) is 0 Å². The molecular weight excluding hydrogens is 310 g/mol. The van der Waals surface area contributed by atoms with Gasteiger partial charge < -0.3 is 5.32 Å². The van der Waals surface area contributed by atoms with Crippen LogP contribution in [0.15, 0.2) is 22.7 Å². The molecule has 0 spiro atoms. The molecule has 3 heteroatoms. The molecule has 2 unspecified atom stereocenters. The molecule has 0 aliphatic heterocycles. The Hall–Kier alpha value is -0.0500. The number of rotatable bonds is 3. The van der Waals surface area contributed by atoms with Crippen LogP contribution in [0.4, 0.5) is 0 Å². The van der Waals surface area contributed by atoms with E-state index in [4.69, 9.17) is 11.6 Å². The maximum Gasteiger partial charge on any atom is 0.0451 e. The Bertz CT molecular complexity index is 397. The van der Waals surface area contributed by atoms with Gasteiger partial charge in [0.2, 0.25) is 0 Å². The van der Waals surface area contributed by atoms with Gasteiger partial charge in [-0.1, -0.05) is 41.4 Å². The summed E-state index contributed by atoms with van der Waals surface area (Å²) in [7, 11) is 0. The van der Waals surface area contributed by atoms with Crippen molar-refractivity contribution in [2.24, 2.45) is 11.8 Å². The quantitative estimate of drug-likeness (QED) is 0.821. The van der Waals surface area contributed by atoms with Crippen molar-refractivity contribution in [3.63, 3.8) is 0 Å². The second kappa shape index (κ2) is 6.40. The minimum Gasteiger partial charge on any atom is -0.310 e. The van der Waals surface area contributed by atoms with Gasteiger partial charge >= 0.3 is 0 Å². The fourth-order valence-electron chi connectivity index (χ4n) is 3.05. The molecule has 0 aromatic heterocycles. The predicted octanol–water partition coefficient (Wildman–Crippen LogP) is 5.02. The Balaban J connectivity index is 1.92. The second-order valence-corrected chi connectivity index (χ2v) is 7.05. The first kappa shape index (κ1) is 14.4. The molecule has 0 saturated heterocycles. The van der Waals surface area contributed by atoms with Crippen LogP contribution >= 0.6 is 27.5 Å². The van der Waals surface area contributed by atoms with E-state index in [1.54, 1.807) is 0 Å². The molecular formula is C15H21BrClN. The van der Waals surface area contributed by atoms with Gasteiger partial charge in [0.25, 0.3) is 0 Å². The lowest BCUT2D eigenvalue weighted by atomic mass is 9.80. The van der Waals surface area contributed by atoms with Crippen molar-refractivity contribution in [1.82, 2.24) is 5.32 Å². The average Bonchev–Trinajstić information content (AvgIpc) is 2.29. The van der Waals surface area contributed by atoms with Crippen molar-refractivity contribution in [3.8, 4) is 0 Å². The molecule has 1 aromatic carbocycles. The Labute approximate surface area is 123 Å². The molecule has 1 aliphatic rings. The van der Waals surface area contributed by atoms with Gasteiger partial charge in [0.1, 0.15) is 0 Å². The SMILES string of the molecule is CC1CC(C)CC(NCc2cc(Br)ccc2Cl)C1. The number of benzene rings is 1. The van der Waals surface area contributed by atoms with Gasteiger partial charge in [0.05, 0.1) is 0 Å². The van der Waals surface area contributed by atoms with Crippen molar-refractivity contribution in [3.05, 3.63) is 33.3 Å². The first-order valence-corrected chi connectivity index (χ1v) is 7.89. The van der Waals surface area contributed by atoms with Crippen LogP contribution in [0.3, 0.4) is 0 Å². The van der Waals surface area contributed by atoms with Crippen molar-refractivity contribution in [1.29, 1.82) is 0 Å². The Morgan fingerprint density at radius 3 is 2.56 bits per heavy atom. The third kappa shape index (κ3) is 3.97. The second-order valence-electron chi connectivity index (χ2n) is 5.73. The van der Waals surface area contributed by atoms with Crippen LogP contribution in [0.5, 0.6) is 0 Å². The fourth-order valence-corrected chi connectivity index (χ4v) is 3.64. The van der Waals surface area contributed by atoms with Gasteiger partial charge in [-0.05, 0) is 54.9 Å². The third-order valence-electron chi connectivity index (χ3n) is 3.77. The zero-order chi connectivity index (χ0) is 13.1. The number of hydrogen-bond donors (Lipinski definition) is 1. The third-order valence-corrected chi connectivity index (χ3v) is 4.63. The van der Waals surface area contributed by atoms with Crippen LogP contribution in [-0.4, -0.2) is 6.04 Å². The topological polar surface area (TPSA) is 12.0 Å². The van der Waals surface area contributed by atoms with Crippen molar-refractivity contribution >= 4 is 27.5 Å². The lowest BCUT2D eigenvalue weighted by Gasteiger charge is -2.32. The molecule has 0 radical (unpaired) electrons. The van der Waals surface area contributed by atoms with Crippen LogP contribution < -0.4 is 5.32 Å². The van der Waals surface area contributed by atoms with E-state index in [9.17, 15) is 0 Å². The molecule has 1 fully saturated rings. The van der Waals surface area contributed by atoms with E-state index in [0.29, 0.717) is 6.04 Å². The molecule has 2 atom stereocenters. The standard InChI is InChI=1S/C15H21BrClN/c1-10-5-11(2)7-14(6-10)18-9-12-8-13(16)3-4-15(12)17/h3-4,8,10-11,14,18H,5-7,9H2,1-2H3. The molecule has 1 aromatic rings. The van der Waals surface area contributed by atoms with E-state index in [1.807, 2.05) is 12.1 Å². The van der Waals surface area contributed by atoms with Gasteiger partial charge in [-0.3, -0.25) is 0 Å². The Kier molecular flexibility index (Phi) is 5.11. The van der Waals surface area contributed by atoms with E-state index < -0.39 is 0 Å². The highest BCUT2D eigenvalue weighted by atomic mass is 79.9. The number of halogens is 2. The molecule has 1 aliphatic carbocycles. The van der Waals surface area contributed by atoms with Gasteiger partial charge in [-0.15, -0.1) is 0 Å². The van der Waals surface area contributed by atoms with E-state index >= 15 is 0 Å². The van der Waals surface area contributed by atoms with Crippen LogP contribution in [0.2, 0.25) is 5.02 Å². The summed E-state index contributed by atoms with van der Waals surface area (Å²) in [5, 5.41) is 4.51. The van der Waals surface area contributed by atoms with Crippen LogP contribution in [0.25, 0.3) is 0 Å². The lowest BCUT2D eigenvalue weighted by molar-refractivity contribution is 0.238. The predicted molar refractivity (Wildman–Crippen MR) is 82.0 cm³/mol. The minimum atomic E-state index is 0.638. The molecule has 1 N–H and O–H groups in total. The van der Waals surface area contributed by atoms with E-state index in [1.165, 1.54) is 24.8 Å². The zero-order valence-electron chi connectivity index (χ0n) is 11.0. The molecule has 2 rings (SSSR count). The molecule has 0 bridgehead atoms. The molecule has 0 heterocycles. The lowest BCUT2D eigenvalue weighted by Crippen LogP contribution is -2.35. The Morgan fingerprint density at radius 2 is 1.89 bits per heavy atom. The summed E-state index contributed by atoms with van der Waals surface area (Å²) in [5.74, 6) is 1.67. The minimum absolute atomic E-state index is 0.638. The highest BCUT2D eigenvalue weighted by Crippen LogP contribution is 2.29. The van der Waals surface area contributed by atoms with Crippen LogP contribution in [-0.2, 0) is 6.54 Å². The summed E-state index contributed by atoms with van der Waals surface area (Å²) < 4.78 is 1.09. The highest BCUT2D eigenvalue weighted by Gasteiger charge is 2.23. The Morgan fingerprint density at radius 1 is 1.22 bits per heavy atom. The molecule has 1 nitrogen and oxygen atoms in total. The summed E-state index contributed by atoms with van der Waals surface area (Å²) in [6.07, 6.45) is 3.95. The first-order chi connectivity index (χ1) is 8.54. The molecule has 18 heavy (non-hydrogen) atoms. The van der Waals surface area contributed by atoms with Crippen LogP contribution in [0.1, 0.15) is 38.7 Å². The first-order valence-electron chi connectivity index (χ1n) is 6.72. The number of nitrogens with one attached hydrogen (secondary N) is 1. The summed E-state index contributed by atoms with van der Waals surface area (Å²) in [6.45, 7) is 5.58. The number of hydrogen-bond acceptors (Lipinski definition) is 1. The smallest absolute Gasteiger partial charge is 0.0451 e. The normalized spacial score (nSPS) is 28.3. The molecule has 1 saturated carbocycles. The van der Waals surface area contributed by atoms with E-state index in [0.717, 1.165) is 27.9 Å². The van der Waals surface area contributed by atoms with Crippen LogP contribution in [0, 0.1) is 11.8 Å². The summed E-state index contributed by atoms with van der Waals surface area (Å²) in [4.78, 5) is 0. The van der Waals surface area contributed by atoms with E-state index in [-0.39, 0.29) is 0 Å². The van der Waals surface area contributed by atoms with Gasteiger partial charge in [-0.25, -0.2) is 0 Å². The van der Waals surface area contributed by atoms with Gasteiger partial charge in [-0.2, -0.15) is 0 Å². The van der Waals surface area contributed by atoms with E-state index in [2.05, 4.69) is 41.2 Å². The van der Waals surface area contributed by atoms with Gasteiger partial charge in [0.15, 0.2) is 0 Å². The summed E-state index contributed by atoms with van der Waals surface area (Å²) in [6, 6.07) is 6.68. The van der Waals surface area contributed by atoms with Crippen molar-refractivity contribution < 1.29 is 0 Å². The monoisotopic (exact) mass is 329 g/mol. The molecule has 0 amide bonds.